The number of hydrogen-bond donors (Lipinski definition) is 1. The fourth-order valence-corrected chi connectivity index (χ4v) is 4.22. The number of hydrogen-bond acceptors (Lipinski definition) is 3. The van der Waals surface area contributed by atoms with E-state index < -0.39 is 5.54 Å². The van der Waals surface area contributed by atoms with E-state index >= 15 is 0 Å². The number of carbonyl (C=O) groups is 1. The van der Waals surface area contributed by atoms with Crippen LogP contribution >= 0.6 is 24.8 Å². The van der Waals surface area contributed by atoms with Gasteiger partial charge in [0.2, 0.25) is 5.91 Å². The van der Waals surface area contributed by atoms with E-state index in [1.165, 1.54) is 38.8 Å². The van der Waals surface area contributed by atoms with Crippen molar-refractivity contribution in [3.05, 3.63) is 0 Å². The van der Waals surface area contributed by atoms with Crippen LogP contribution in [0.15, 0.2) is 0 Å². The molecule has 0 aromatic carbocycles. The molecule has 130 valence electrons. The average Bonchev–Trinajstić information content (AvgIpc) is 2.98. The number of halogens is 2. The van der Waals surface area contributed by atoms with Crippen molar-refractivity contribution in [1.82, 2.24) is 9.80 Å². The van der Waals surface area contributed by atoms with Gasteiger partial charge < -0.3 is 10.6 Å². The van der Waals surface area contributed by atoms with Gasteiger partial charge in [-0.15, -0.1) is 24.8 Å². The first-order valence-corrected chi connectivity index (χ1v) is 8.51. The van der Waals surface area contributed by atoms with Crippen LogP contribution in [-0.4, -0.2) is 53.5 Å². The van der Waals surface area contributed by atoms with Crippen LogP contribution in [0.2, 0.25) is 0 Å². The van der Waals surface area contributed by atoms with Crippen molar-refractivity contribution in [2.45, 2.75) is 69.4 Å². The van der Waals surface area contributed by atoms with E-state index in [0.29, 0.717) is 6.04 Å². The molecule has 2 saturated heterocycles. The highest BCUT2D eigenvalue weighted by atomic mass is 35.5. The molecule has 2 N–H and O–H groups in total. The summed E-state index contributed by atoms with van der Waals surface area (Å²) in [6, 6.07) is 0.589. The highest BCUT2D eigenvalue weighted by Gasteiger charge is 2.41. The van der Waals surface area contributed by atoms with Crippen molar-refractivity contribution in [3.63, 3.8) is 0 Å². The van der Waals surface area contributed by atoms with Crippen molar-refractivity contribution in [2.75, 3.05) is 26.2 Å². The first-order chi connectivity index (χ1) is 9.69. The smallest absolute Gasteiger partial charge is 0.242 e. The van der Waals surface area contributed by atoms with Gasteiger partial charge in [-0.05, 0) is 45.2 Å². The number of nitrogens with two attached hydrogens (primary N) is 1. The minimum Gasteiger partial charge on any atom is -0.339 e. The molecule has 0 bridgehead atoms. The third kappa shape index (κ3) is 4.28. The van der Waals surface area contributed by atoms with Gasteiger partial charge in [0, 0.05) is 19.1 Å². The number of amides is 1. The number of rotatable bonds is 2. The minimum absolute atomic E-state index is 0. The second-order valence-corrected chi connectivity index (χ2v) is 7.01. The van der Waals surface area contributed by atoms with Crippen LogP contribution in [0.25, 0.3) is 0 Å². The van der Waals surface area contributed by atoms with Gasteiger partial charge in [0.15, 0.2) is 0 Å². The third-order valence-electron chi connectivity index (χ3n) is 5.53. The molecule has 0 spiro atoms. The monoisotopic (exact) mass is 351 g/mol. The molecule has 1 amide bonds. The van der Waals surface area contributed by atoms with Gasteiger partial charge in [0.25, 0.3) is 0 Å². The summed E-state index contributed by atoms with van der Waals surface area (Å²) in [5, 5.41) is 0. The Hall–Kier alpha value is -0.0300. The van der Waals surface area contributed by atoms with Crippen LogP contribution in [0, 0.1) is 0 Å². The maximum absolute atomic E-state index is 12.7. The fraction of sp³-hybridized carbons (Fsp3) is 0.938. The Morgan fingerprint density at radius 3 is 2.14 bits per heavy atom. The van der Waals surface area contributed by atoms with Crippen molar-refractivity contribution in [2.24, 2.45) is 5.73 Å². The molecule has 6 heteroatoms. The Morgan fingerprint density at radius 2 is 1.50 bits per heavy atom. The number of nitrogens with zero attached hydrogens (tertiary/aromatic N) is 2. The minimum atomic E-state index is -0.547. The summed E-state index contributed by atoms with van der Waals surface area (Å²) in [7, 11) is 0. The fourth-order valence-electron chi connectivity index (χ4n) is 4.22. The van der Waals surface area contributed by atoms with Crippen LogP contribution in [0.4, 0.5) is 0 Å². The van der Waals surface area contributed by atoms with Gasteiger partial charge in [0.1, 0.15) is 0 Å². The molecule has 4 nitrogen and oxygen atoms in total. The van der Waals surface area contributed by atoms with Crippen LogP contribution in [0.1, 0.15) is 57.8 Å². The third-order valence-corrected chi connectivity index (χ3v) is 5.53. The zero-order chi connectivity index (χ0) is 14.0. The molecule has 3 aliphatic rings. The lowest BCUT2D eigenvalue weighted by Crippen LogP contribution is -2.56. The summed E-state index contributed by atoms with van der Waals surface area (Å²) >= 11 is 0. The van der Waals surface area contributed by atoms with Gasteiger partial charge in [0.05, 0.1) is 5.54 Å². The van der Waals surface area contributed by atoms with Crippen LogP contribution in [0.3, 0.4) is 0 Å². The summed E-state index contributed by atoms with van der Waals surface area (Å²) in [4.78, 5) is 17.4. The van der Waals surface area contributed by atoms with Gasteiger partial charge in [-0.25, -0.2) is 0 Å². The molecule has 0 radical (unpaired) electrons. The molecule has 1 saturated carbocycles. The van der Waals surface area contributed by atoms with Gasteiger partial charge in [-0.2, -0.15) is 0 Å². The van der Waals surface area contributed by atoms with Crippen LogP contribution in [-0.2, 0) is 4.79 Å². The normalized spacial score (nSPS) is 28.6. The number of likely N-dealkylation sites (tertiary alicyclic amines) is 2. The van der Waals surface area contributed by atoms with E-state index in [1.807, 2.05) is 0 Å². The first kappa shape index (κ1) is 20.0. The van der Waals surface area contributed by atoms with Gasteiger partial charge in [-0.3, -0.25) is 9.69 Å². The highest BCUT2D eigenvalue weighted by molar-refractivity contribution is 5.86. The lowest BCUT2D eigenvalue weighted by atomic mass is 9.81. The predicted molar refractivity (Wildman–Crippen MR) is 94.9 cm³/mol. The maximum atomic E-state index is 12.7. The topological polar surface area (TPSA) is 49.6 Å². The second-order valence-electron chi connectivity index (χ2n) is 7.01. The van der Waals surface area contributed by atoms with Crippen molar-refractivity contribution in [1.29, 1.82) is 0 Å². The summed E-state index contributed by atoms with van der Waals surface area (Å²) < 4.78 is 0. The van der Waals surface area contributed by atoms with E-state index in [4.69, 9.17) is 5.73 Å². The van der Waals surface area contributed by atoms with Crippen molar-refractivity contribution in [3.8, 4) is 0 Å². The highest BCUT2D eigenvalue weighted by Crippen LogP contribution is 2.30. The summed E-state index contributed by atoms with van der Waals surface area (Å²) in [6.07, 6.45) is 10.4. The first-order valence-electron chi connectivity index (χ1n) is 8.51. The van der Waals surface area contributed by atoms with Crippen LogP contribution in [0.5, 0.6) is 0 Å². The zero-order valence-electron chi connectivity index (χ0n) is 13.5. The Bertz CT molecular complexity index is 355. The van der Waals surface area contributed by atoms with E-state index in [9.17, 15) is 4.79 Å². The van der Waals surface area contributed by atoms with E-state index in [2.05, 4.69) is 9.80 Å². The summed E-state index contributed by atoms with van der Waals surface area (Å²) in [5.41, 5.74) is 5.85. The molecule has 1 aliphatic carbocycles. The molecular weight excluding hydrogens is 321 g/mol. The quantitative estimate of drug-likeness (QED) is 0.831. The Balaban J connectivity index is 0.00000121. The summed E-state index contributed by atoms with van der Waals surface area (Å²) in [5.74, 6) is 0.233. The molecule has 3 rings (SSSR count). The molecule has 0 aromatic rings. The Morgan fingerprint density at radius 1 is 0.909 bits per heavy atom. The standard InChI is InChI=1S/C16H29N3O.2ClH/c17-16(8-3-1-4-9-16)15(20)19-12-7-14(13-19)18-10-5-2-6-11-18;;/h14H,1-13,17H2;2*1H. The van der Waals surface area contributed by atoms with Gasteiger partial charge >= 0.3 is 0 Å². The maximum Gasteiger partial charge on any atom is 0.242 e. The van der Waals surface area contributed by atoms with Crippen LogP contribution < -0.4 is 5.73 Å². The lowest BCUT2D eigenvalue weighted by Gasteiger charge is -2.36. The lowest BCUT2D eigenvalue weighted by molar-refractivity contribution is -0.137. The average molecular weight is 352 g/mol. The number of piperidine rings is 1. The molecule has 0 aromatic heterocycles. The molecule has 1 atom stereocenters. The molecule has 2 aliphatic heterocycles. The van der Waals surface area contributed by atoms with Crippen molar-refractivity contribution < 1.29 is 4.79 Å². The van der Waals surface area contributed by atoms with E-state index in [0.717, 1.165) is 45.2 Å². The predicted octanol–water partition coefficient (Wildman–Crippen LogP) is 2.58. The zero-order valence-corrected chi connectivity index (χ0v) is 15.1. The van der Waals surface area contributed by atoms with E-state index in [1.54, 1.807) is 0 Å². The molecular formula is C16H31Cl2N3O. The van der Waals surface area contributed by atoms with E-state index in [-0.39, 0.29) is 30.7 Å². The number of carbonyl (C=O) groups excluding carboxylic acids is 1. The SMILES string of the molecule is Cl.Cl.NC1(C(=O)N2CCC(N3CCCCC3)C2)CCCCC1. The molecule has 22 heavy (non-hydrogen) atoms. The summed E-state index contributed by atoms with van der Waals surface area (Å²) in [6.45, 7) is 4.28. The van der Waals surface area contributed by atoms with Gasteiger partial charge in [-0.1, -0.05) is 25.7 Å². The largest absolute Gasteiger partial charge is 0.339 e. The second kappa shape index (κ2) is 8.72. The molecule has 2 heterocycles. The Kier molecular flexibility index (Phi) is 7.93. The Labute approximate surface area is 147 Å². The molecule has 1 unspecified atom stereocenters. The molecule has 3 fully saturated rings. The van der Waals surface area contributed by atoms with Crippen molar-refractivity contribution >= 4 is 30.7 Å².